The lowest BCUT2D eigenvalue weighted by atomic mass is 9.79. The zero-order chi connectivity index (χ0) is 9.97. The lowest BCUT2D eigenvalue weighted by Gasteiger charge is -2.29. The van der Waals surface area contributed by atoms with Gasteiger partial charge in [0.1, 0.15) is 0 Å². The highest BCUT2D eigenvalue weighted by Gasteiger charge is 2.23. The Labute approximate surface area is 103 Å². The van der Waals surface area contributed by atoms with Gasteiger partial charge in [-0.05, 0) is 37.5 Å². The molecule has 0 saturated heterocycles. The van der Waals surface area contributed by atoms with Gasteiger partial charge in [-0.1, -0.05) is 56.2 Å². The SMILES string of the molecule is BrC1C=C[C@@H](C2C=C[C@@H](Br)CC2)CC1. The largest absolute Gasteiger partial charge is 0.0845 e. The van der Waals surface area contributed by atoms with Gasteiger partial charge >= 0.3 is 0 Å². The first-order valence-electron chi connectivity index (χ1n) is 5.40. The number of alkyl halides is 2. The monoisotopic (exact) mass is 318 g/mol. The molecule has 0 nitrogen and oxygen atoms in total. The van der Waals surface area contributed by atoms with Gasteiger partial charge in [-0.3, -0.25) is 0 Å². The highest BCUT2D eigenvalue weighted by atomic mass is 79.9. The van der Waals surface area contributed by atoms with Gasteiger partial charge in [0, 0.05) is 9.65 Å². The lowest BCUT2D eigenvalue weighted by Crippen LogP contribution is -2.19. The lowest BCUT2D eigenvalue weighted by molar-refractivity contribution is 0.387. The molecule has 4 atom stereocenters. The van der Waals surface area contributed by atoms with Crippen molar-refractivity contribution >= 4 is 31.9 Å². The molecule has 0 heterocycles. The van der Waals surface area contributed by atoms with Crippen molar-refractivity contribution in [2.24, 2.45) is 11.8 Å². The van der Waals surface area contributed by atoms with Gasteiger partial charge in [-0.25, -0.2) is 0 Å². The molecule has 2 aliphatic rings. The van der Waals surface area contributed by atoms with E-state index < -0.39 is 0 Å². The first-order valence-corrected chi connectivity index (χ1v) is 7.23. The quantitative estimate of drug-likeness (QED) is 0.495. The first kappa shape index (κ1) is 10.9. The van der Waals surface area contributed by atoms with Gasteiger partial charge in [-0.15, -0.1) is 0 Å². The van der Waals surface area contributed by atoms with E-state index >= 15 is 0 Å². The molecule has 78 valence electrons. The summed E-state index contributed by atoms with van der Waals surface area (Å²) in [7, 11) is 0. The second-order valence-electron chi connectivity index (χ2n) is 4.28. The van der Waals surface area contributed by atoms with E-state index in [0.717, 1.165) is 11.8 Å². The zero-order valence-electron chi connectivity index (χ0n) is 8.20. The van der Waals surface area contributed by atoms with E-state index in [9.17, 15) is 0 Å². The molecule has 0 spiro atoms. The maximum Gasteiger partial charge on any atom is 0.0325 e. The van der Waals surface area contributed by atoms with Crippen LogP contribution in [0.15, 0.2) is 24.3 Å². The molecule has 2 aliphatic carbocycles. The predicted octanol–water partition coefficient (Wildman–Crippen LogP) is 4.45. The number of hydrogen-bond acceptors (Lipinski definition) is 0. The topological polar surface area (TPSA) is 0 Å². The van der Waals surface area contributed by atoms with E-state index in [-0.39, 0.29) is 0 Å². The van der Waals surface area contributed by atoms with Crippen LogP contribution in [0.2, 0.25) is 0 Å². The Morgan fingerprint density at radius 1 is 0.643 bits per heavy atom. The van der Waals surface area contributed by atoms with E-state index in [1.54, 1.807) is 0 Å². The van der Waals surface area contributed by atoms with E-state index in [4.69, 9.17) is 0 Å². The summed E-state index contributed by atoms with van der Waals surface area (Å²) in [5, 5.41) is 0. The molecule has 14 heavy (non-hydrogen) atoms. The van der Waals surface area contributed by atoms with Crippen molar-refractivity contribution in [3.05, 3.63) is 24.3 Å². The smallest absolute Gasteiger partial charge is 0.0325 e. The number of hydrogen-bond donors (Lipinski definition) is 0. The van der Waals surface area contributed by atoms with E-state index in [1.165, 1.54) is 25.7 Å². The van der Waals surface area contributed by atoms with Crippen molar-refractivity contribution in [2.45, 2.75) is 35.3 Å². The minimum atomic E-state index is 0.621. The van der Waals surface area contributed by atoms with Crippen LogP contribution in [-0.2, 0) is 0 Å². The minimum Gasteiger partial charge on any atom is -0.0845 e. The molecule has 2 heteroatoms. The third-order valence-electron chi connectivity index (χ3n) is 3.24. The van der Waals surface area contributed by atoms with Gasteiger partial charge in [0.25, 0.3) is 0 Å². The summed E-state index contributed by atoms with van der Waals surface area (Å²) >= 11 is 7.27. The van der Waals surface area contributed by atoms with Crippen molar-refractivity contribution < 1.29 is 0 Å². The van der Waals surface area contributed by atoms with Crippen LogP contribution in [0.1, 0.15) is 25.7 Å². The van der Waals surface area contributed by atoms with Crippen LogP contribution < -0.4 is 0 Å². The molecule has 0 saturated carbocycles. The summed E-state index contributed by atoms with van der Waals surface area (Å²) < 4.78 is 0. The molecule has 2 rings (SSSR count). The fourth-order valence-electron chi connectivity index (χ4n) is 2.33. The van der Waals surface area contributed by atoms with Crippen LogP contribution >= 0.6 is 31.9 Å². The minimum absolute atomic E-state index is 0.621. The molecule has 0 aromatic carbocycles. The maximum absolute atomic E-state index is 3.64. The van der Waals surface area contributed by atoms with Crippen molar-refractivity contribution in [3.63, 3.8) is 0 Å². The van der Waals surface area contributed by atoms with Crippen LogP contribution in [-0.4, -0.2) is 9.65 Å². The second kappa shape index (κ2) is 4.98. The van der Waals surface area contributed by atoms with Gasteiger partial charge in [0.15, 0.2) is 0 Å². The van der Waals surface area contributed by atoms with Gasteiger partial charge in [0.05, 0.1) is 0 Å². The molecule has 0 bridgehead atoms. The van der Waals surface area contributed by atoms with Gasteiger partial charge < -0.3 is 0 Å². The molecule has 0 aromatic rings. The average Bonchev–Trinajstić information content (AvgIpc) is 2.21. The standard InChI is InChI=1S/C12H16Br2/c13-11-5-1-9(2-6-11)10-3-7-12(14)8-4-10/h1,3,5,7,9-12H,2,4,6,8H2/t9-,10?,11?,12-/m1/s1. The third kappa shape index (κ3) is 2.73. The Morgan fingerprint density at radius 3 is 1.36 bits per heavy atom. The molecule has 0 aromatic heterocycles. The maximum atomic E-state index is 3.64. The van der Waals surface area contributed by atoms with Crippen LogP contribution in [0.5, 0.6) is 0 Å². The van der Waals surface area contributed by atoms with Crippen LogP contribution in [0.25, 0.3) is 0 Å². The van der Waals surface area contributed by atoms with Crippen LogP contribution in [0.4, 0.5) is 0 Å². The summed E-state index contributed by atoms with van der Waals surface area (Å²) in [6, 6.07) is 0. The number of allylic oxidation sites excluding steroid dienone is 4. The molecular weight excluding hydrogens is 304 g/mol. The molecule has 0 fully saturated rings. The van der Waals surface area contributed by atoms with Gasteiger partial charge in [0.2, 0.25) is 0 Å². The molecule has 2 unspecified atom stereocenters. The summed E-state index contributed by atoms with van der Waals surface area (Å²) in [5.41, 5.74) is 0. The highest BCUT2D eigenvalue weighted by Crippen LogP contribution is 2.34. The summed E-state index contributed by atoms with van der Waals surface area (Å²) in [6.45, 7) is 0. The summed E-state index contributed by atoms with van der Waals surface area (Å²) in [4.78, 5) is 1.24. The summed E-state index contributed by atoms with van der Waals surface area (Å²) in [6.07, 6.45) is 14.7. The number of halogens is 2. The van der Waals surface area contributed by atoms with Crippen LogP contribution in [0.3, 0.4) is 0 Å². The Hall–Kier alpha value is 0.440. The molecular formula is C12H16Br2. The Balaban J connectivity index is 1.96. The van der Waals surface area contributed by atoms with Crippen molar-refractivity contribution in [1.82, 2.24) is 0 Å². The third-order valence-corrected chi connectivity index (χ3v) is 4.76. The highest BCUT2D eigenvalue weighted by molar-refractivity contribution is 9.09. The van der Waals surface area contributed by atoms with Crippen molar-refractivity contribution in [3.8, 4) is 0 Å². The van der Waals surface area contributed by atoms with E-state index in [0.29, 0.717) is 9.65 Å². The fraction of sp³-hybridized carbons (Fsp3) is 0.667. The Bertz CT molecular complexity index is 219. The molecule has 0 aliphatic heterocycles. The molecule has 0 amide bonds. The molecule has 0 radical (unpaired) electrons. The van der Waals surface area contributed by atoms with Crippen molar-refractivity contribution in [1.29, 1.82) is 0 Å². The molecule has 0 N–H and O–H groups in total. The Morgan fingerprint density at radius 2 is 1.07 bits per heavy atom. The Kier molecular flexibility index (Phi) is 3.89. The zero-order valence-corrected chi connectivity index (χ0v) is 11.4. The first-order chi connectivity index (χ1) is 6.75. The average molecular weight is 320 g/mol. The van der Waals surface area contributed by atoms with Crippen molar-refractivity contribution in [2.75, 3.05) is 0 Å². The van der Waals surface area contributed by atoms with E-state index in [2.05, 4.69) is 56.2 Å². The van der Waals surface area contributed by atoms with E-state index in [1.807, 2.05) is 0 Å². The normalized spacial score (nSPS) is 42.7. The summed E-state index contributed by atoms with van der Waals surface area (Å²) in [5.74, 6) is 1.58. The van der Waals surface area contributed by atoms with Crippen LogP contribution in [0, 0.1) is 11.8 Å². The number of rotatable bonds is 1. The predicted molar refractivity (Wildman–Crippen MR) is 69.2 cm³/mol. The van der Waals surface area contributed by atoms with Gasteiger partial charge in [-0.2, -0.15) is 0 Å². The fourth-order valence-corrected chi connectivity index (χ4v) is 3.21. The second-order valence-corrected chi connectivity index (χ2v) is 6.64.